The fourth-order valence-corrected chi connectivity index (χ4v) is 5.43. The number of hydrogen-bond acceptors (Lipinski definition) is 8. The molecule has 2 fully saturated rings. The highest BCUT2D eigenvalue weighted by molar-refractivity contribution is 6.15. The average molecular weight is 516 g/mol. The second kappa shape index (κ2) is 11.0. The maximum Gasteiger partial charge on any atom is 0.302 e. The summed E-state index contributed by atoms with van der Waals surface area (Å²) < 4.78 is 47.8. The van der Waals surface area contributed by atoms with Gasteiger partial charge in [0.15, 0.2) is 11.5 Å². The molecule has 1 saturated heterocycles. The van der Waals surface area contributed by atoms with E-state index in [-0.39, 0.29) is 29.8 Å². The van der Waals surface area contributed by atoms with E-state index < -0.39 is 13.0 Å². The third-order valence-electron chi connectivity index (χ3n) is 7.10. The molecule has 1 aromatic carbocycles. The molecule has 0 amide bonds. The number of anilines is 1. The van der Waals surface area contributed by atoms with Crippen LogP contribution in [0.5, 0.6) is 11.5 Å². The standard InChI is InChI=1S/C27H31F2N3O5/c1-16(33)37-18-4-5-22-20(11-18)19-12-24(36-15-25(28)29)23(34-2)13-21(19)27(31-22)17-3-6-26(30-14-17)32-7-9-35-10-8-32/h3,6,12-14,18,20,22,25H,4-5,7-11,15H2,1-2H3. The third kappa shape index (κ3) is 5.53. The van der Waals surface area contributed by atoms with E-state index >= 15 is 0 Å². The topological polar surface area (TPSA) is 82.5 Å². The number of benzene rings is 1. The second-order valence-electron chi connectivity index (χ2n) is 9.49. The summed E-state index contributed by atoms with van der Waals surface area (Å²) in [4.78, 5) is 23.6. The molecule has 3 heterocycles. The molecule has 10 heteroatoms. The minimum atomic E-state index is -2.61. The average Bonchev–Trinajstić information content (AvgIpc) is 2.91. The van der Waals surface area contributed by atoms with Crippen LogP contribution in [0.4, 0.5) is 14.6 Å². The Hall–Kier alpha value is -3.27. The highest BCUT2D eigenvalue weighted by Gasteiger charge is 2.39. The van der Waals surface area contributed by atoms with Crippen LogP contribution in [0.25, 0.3) is 0 Å². The van der Waals surface area contributed by atoms with Gasteiger partial charge in [-0.2, -0.15) is 0 Å². The van der Waals surface area contributed by atoms with Gasteiger partial charge >= 0.3 is 5.97 Å². The number of alkyl halides is 2. The first-order valence-electron chi connectivity index (χ1n) is 12.6. The van der Waals surface area contributed by atoms with Crippen LogP contribution in [0.3, 0.4) is 0 Å². The summed E-state index contributed by atoms with van der Waals surface area (Å²) in [7, 11) is 1.48. The molecule has 0 spiro atoms. The molecule has 8 nitrogen and oxygen atoms in total. The van der Waals surface area contributed by atoms with Gasteiger partial charge < -0.3 is 23.8 Å². The number of hydrogen-bond donors (Lipinski definition) is 0. The summed E-state index contributed by atoms with van der Waals surface area (Å²) in [6, 6.07) is 7.55. The normalized spacial score (nSPS) is 23.1. The maximum atomic E-state index is 12.9. The Bertz CT molecular complexity index is 1150. The molecule has 3 unspecified atom stereocenters. The molecule has 2 aromatic rings. The van der Waals surface area contributed by atoms with E-state index in [1.54, 1.807) is 12.1 Å². The lowest BCUT2D eigenvalue weighted by molar-refractivity contribution is -0.148. The van der Waals surface area contributed by atoms with Gasteiger partial charge in [-0.25, -0.2) is 13.8 Å². The number of carbonyl (C=O) groups excluding carboxylic acids is 1. The van der Waals surface area contributed by atoms with Gasteiger partial charge in [0.25, 0.3) is 6.43 Å². The zero-order chi connectivity index (χ0) is 25.9. The minimum absolute atomic E-state index is 0.0374. The van der Waals surface area contributed by atoms with E-state index in [4.69, 9.17) is 28.9 Å². The Morgan fingerprint density at radius 3 is 2.68 bits per heavy atom. The van der Waals surface area contributed by atoms with Crippen LogP contribution in [-0.2, 0) is 14.3 Å². The lowest BCUT2D eigenvalue weighted by Gasteiger charge is -2.38. The zero-order valence-electron chi connectivity index (χ0n) is 21.0. The number of methoxy groups -OCH3 is 1. The molecule has 1 aromatic heterocycles. The van der Waals surface area contributed by atoms with Crippen molar-refractivity contribution in [3.63, 3.8) is 0 Å². The fraction of sp³-hybridized carbons (Fsp3) is 0.519. The van der Waals surface area contributed by atoms with Crippen LogP contribution in [0, 0.1) is 0 Å². The molecule has 0 radical (unpaired) electrons. The third-order valence-corrected chi connectivity index (χ3v) is 7.10. The first-order chi connectivity index (χ1) is 17.9. The number of aliphatic imine (C=N–C) groups is 1. The SMILES string of the molecule is COc1cc2c(cc1OCC(F)F)C1CC(OC(C)=O)CCC1N=C2c1ccc(N2CCOCC2)nc1. The van der Waals surface area contributed by atoms with Crippen molar-refractivity contribution in [2.75, 3.05) is 44.9 Å². The smallest absolute Gasteiger partial charge is 0.302 e. The number of rotatable bonds is 7. The predicted molar refractivity (Wildman–Crippen MR) is 133 cm³/mol. The summed E-state index contributed by atoms with van der Waals surface area (Å²) in [5, 5.41) is 0. The molecule has 1 saturated carbocycles. The molecule has 3 atom stereocenters. The summed E-state index contributed by atoms with van der Waals surface area (Å²) in [5.41, 5.74) is 3.41. The Morgan fingerprint density at radius 1 is 1.19 bits per heavy atom. The summed E-state index contributed by atoms with van der Waals surface area (Å²) >= 11 is 0. The summed E-state index contributed by atoms with van der Waals surface area (Å²) in [5.74, 6) is 1.15. The Balaban J connectivity index is 1.52. The van der Waals surface area contributed by atoms with Gasteiger partial charge in [-0.3, -0.25) is 9.79 Å². The molecular formula is C27H31F2N3O5. The molecule has 2 aliphatic heterocycles. The van der Waals surface area contributed by atoms with E-state index in [9.17, 15) is 13.6 Å². The number of halogens is 2. The van der Waals surface area contributed by atoms with Crippen molar-refractivity contribution in [1.82, 2.24) is 4.98 Å². The molecule has 198 valence electrons. The minimum Gasteiger partial charge on any atom is -0.493 e. The van der Waals surface area contributed by atoms with Crippen molar-refractivity contribution in [3.05, 3.63) is 47.2 Å². The number of fused-ring (bicyclic) bond motifs is 3. The van der Waals surface area contributed by atoms with Crippen LogP contribution in [0.1, 0.15) is 48.8 Å². The van der Waals surface area contributed by atoms with Crippen LogP contribution in [0.2, 0.25) is 0 Å². The van der Waals surface area contributed by atoms with Crippen molar-refractivity contribution in [1.29, 1.82) is 0 Å². The van der Waals surface area contributed by atoms with Crippen LogP contribution in [0.15, 0.2) is 35.5 Å². The van der Waals surface area contributed by atoms with E-state index in [1.807, 2.05) is 18.3 Å². The van der Waals surface area contributed by atoms with E-state index in [2.05, 4.69) is 4.90 Å². The van der Waals surface area contributed by atoms with Crippen LogP contribution in [-0.4, -0.2) is 75.3 Å². The van der Waals surface area contributed by atoms with Gasteiger partial charge in [0, 0.05) is 43.3 Å². The second-order valence-corrected chi connectivity index (χ2v) is 9.49. The molecule has 37 heavy (non-hydrogen) atoms. The Labute approximate surface area is 214 Å². The number of morpholine rings is 1. The molecule has 3 aliphatic rings. The Kier molecular flexibility index (Phi) is 7.55. The van der Waals surface area contributed by atoms with E-state index in [1.165, 1.54) is 14.0 Å². The molecule has 1 aliphatic carbocycles. The largest absolute Gasteiger partial charge is 0.493 e. The lowest BCUT2D eigenvalue weighted by atomic mass is 9.74. The quantitative estimate of drug-likeness (QED) is 0.516. The van der Waals surface area contributed by atoms with Crippen molar-refractivity contribution >= 4 is 17.5 Å². The molecule has 5 rings (SSSR count). The first kappa shape index (κ1) is 25.4. The van der Waals surface area contributed by atoms with Gasteiger partial charge in [0.2, 0.25) is 0 Å². The van der Waals surface area contributed by atoms with Crippen molar-refractivity contribution in [3.8, 4) is 11.5 Å². The first-order valence-corrected chi connectivity index (χ1v) is 12.6. The lowest BCUT2D eigenvalue weighted by Crippen LogP contribution is -2.37. The molecule has 0 N–H and O–H groups in total. The number of ether oxygens (including phenoxy) is 4. The fourth-order valence-electron chi connectivity index (χ4n) is 5.43. The number of nitrogens with zero attached hydrogens (tertiary/aromatic N) is 3. The van der Waals surface area contributed by atoms with Crippen LogP contribution >= 0.6 is 0 Å². The van der Waals surface area contributed by atoms with Crippen molar-refractivity contribution in [2.24, 2.45) is 4.99 Å². The predicted octanol–water partition coefficient (Wildman–Crippen LogP) is 3.99. The summed E-state index contributed by atoms with van der Waals surface area (Å²) in [6.07, 6.45) is 1.06. The van der Waals surface area contributed by atoms with Crippen molar-refractivity contribution < 1.29 is 32.5 Å². The van der Waals surface area contributed by atoms with Gasteiger partial charge in [-0.1, -0.05) is 0 Å². The van der Waals surface area contributed by atoms with Crippen molar-refractivity contribution in [2.45, 2.75) is 50.7 Å². The van der Waals surface area contributed by atoms with E-state index in [0.717, 1.165) is 47.7 Å². The molecular weight excluding hydrogens is 484 g/mol. The highest BCUT2D eigenvalue weighted by atomic mass is 19.3. The number of esters is 1. The highest BCUT2D eigenvalue weighted by Crippen LogP contribution is 2.45. The zero-order valence-corrected chi connectivity index (χ0v) is 21.0. The monoisotopic (exact) mass is 515 g/mol. The van der Waals surface area contributed by atoms with Gasteiger partial charge in [-0.15, -0.1) is 0 Å². The maximum absolute atomic E-state index is 12.9. The summed E-state index contributed by atoms with van der Waals surface area (Å²) in [6.45, 7) is 3.62. The van der Waals surface area contributed by atoms with Gasteiger partial charge in [0.05, 0.1) is 32.1 Å². The number of carbonyl (C=O) groups is 1. The number of pyridine rings is 1. The molecule has 0 bridgehead atoms. The van der Waals surface area contributed by atoms with Gasteiger partial charge in [0.1, 0.15) is 18.5 Å². The van der Waals surface area contributed by atoms with Gasteiger partial charge in [-0.05, 0) is 49.1 Å². The Morgan fingerprint density at radius 2 is 2.00 bits per heavy atom. The van der Waals surface area contributed by atoms with Crippen LogP contribution < -0.4 is 14.4 Å². The van der Waals surface area contributed by atoms with E-state index in [0.29, 0.717) is 31.8 Å². The number of aromatic nitrogens is 1.